The molecule has 4 nitrogen and oxygen atoms in total. The SMILES string of the molecule is CCOc1cc(CC(C)C)nc(C=O)n1. The number of carbonyl (C=O) groups is 1. The predicted molar refractivity (Wildman–Crippen MR) is 57.1 cm³/mol. The van der Waals surface area contributed by atoms with Crippen molar-refractivity contribution in [2.45, 2.75) is 27.2 Å². The summed E-state index contributed by atoms with van der Waals surface area (Å²) in [6.45, 7) is 6.62. The lowest BCUT2D eigenvalue weighted by Crippen LogP contribution is -2.05. The highest BCUT2D eigenvalue weighted by molar-refractivity contribution is 5.68. The Labute approximate surface area is 89.7 Å². The van der Waals surface area contributed by atoms with Crippen molar-refractivity contribution in [2.24, 2.45) is 5.92 Å². The van der Waals surface area contributed by atoms with Gasteiger partial charge in [0.15, 0.2) is 12.1 Å². The Kier molecular flexibility index (Phi) is 4.21. The first-order chi connectivity index (χ1) is 7.15. The van der Waals surface area contributed by atoms with Gasteiger partial charge in [0.25, 0.3) is 0 Å². The van der Waals surface area contributed by atoms with E-state index in [1.165, 1.54) is 0 Å². The van der Waals surface area contributed by atoms with Gasteiger partial charge in [-0.05, 0) is 19.3 Å². The summed E-state index contributed by atoms with van der Waals surface area (Å²) in [7, 11) is 0. The maximum atomic E-state index is 10.6. The van der Waals surface area contributed by atoms with Crippen molar-refractivity contribution in [1.82, 2.24) is 9.97 Å². The molecule has 0 saturated carbocycles. The summed E-state index contributed by atoms with van der Waals surface area (Å²) in [4.78, 5) is 18.7. The highest BCUT2D eigenvalue weighted by atomic mass is 16.5. The fraction of sp³-hybridized carbons (Fsp3) is 0.545. The minimum absolute atomic E-state index is 0.191. The molecule has 0 saturated heterocycles. The number of aromatic nitrogens is 2. The smallest absolute Gasteiger partial charge is 0.217 e. The van der Waals surface area contributed by atoms with Crippen LogP contribution >= 0.6 is 0 Å². The van der Waals surface area contributed by atoms with Gasteiger partial charge in [-0.1, -0.05) is 13.8 Å². The minimum Gasteiger partial charge on any atom is -0.478 e. The van der Waals surface area contributed by atoms with E-state index in [0.717, 1.165) is 12.1 Å². The largest absolute Gasteiger partial charge is 0.478 e. The first-order valence-electron chi connectivity index (χ1n) is 5.11. The summed E-state index contributed by atoms with van der Waals surface area (Å²) < 4.78 is 5.26. The molecule has 1 aromatic rings. The summed E-state index contributed by atoms with van der Waals surface area (Å²) in [6.07, 6.45) is 1.47. The van der Waals surface area contributed by atoms with E-state index in [0.29, 0.717) is 24.7 Å². The van der Waals surface area contributed by atoms with Crippen molar-refractivity contribution >= 4 is 6.29 Å². The fourth-order valence-corrected chi connectivity index (χ4v) is 1.29. The molecule has 0 N–H and O–H groups in total. The molecule has 0 aliphatic rings. The Balaban J connectivity index is 2.94. The molecule has 0 atom stereocenters. The van der Waals surface area contributed by atoms with E-state index in [1.54, 1.807) is 6.07 Å². The number of hydrogen-bond acceptors (Lipinski definition) is 4. The number of hydrogen-bond donors (Lipinski definition) is 0. The van der Waals surface area contributed by atoms with Crippen LogP contribution in [0.3, 0.4) is 0 Å². The monoisotopic (exact) mass is 208 g/mol. The topological polar surface area (TPSA) is 52.1 Å². The molecule has 0 aliphatic heterocycles. The van der Waals surface area contributed by atoms with Gasteiger partial charge in [-0.3, -0.25) is 4.79 Å². The van der Waals surface area contributed by atoms with Gasteiger partial charge in [0.1, 0.15) is 0 Å². The molecule has 1 rings (SSSR count). The molecule has 0 amide bonds. The van der Waals surface area contributed by atoms with Crippen LogP contribution in [0.5, 0.6) is 5.88 Å². The first kappa shape index (κ1) is 11.6. The maximum absolute atomic E-state index is 10.6. The summed E-state index contributed by atoms with van der Waals surface area (Å²) >= 11 is 0. The maximum Gasteiger partial charge on any atom is 0.217 e. The van der Waals surface area contributed by atoms with Gasteiger partial charge in [-0.25, -0.2) is 4.98 Å². The average molecular weight is 208 g/mol. The van der Waals surface area contributed by atoms with Crippen molar-refractivity contribution in [2.75, 3.05) is 6.61 Å². The molecular weight excluding hydrogens is 192 g/mol. The molecular formula is C11H16N2O2. The van der Waals surface area contributed by atoms with Crippen LogP contribution in [0.1, 0.15) is 37.1 Å². The Morgan fingerprint density at radius 2 is 2.20 bits per heavy atom. The minimum atomic E-state index is 0.191. The quantitative estimate of drug-likeness (QED) is 0.693. The summed E-state index contributed by atoms with van der Waals surface area (Å²) in [5.74, 6) is 1.16. The molecule has 0 aromatic carbocycles. The number of rotatable bonds is 5. The fourth-order valence-electron chi connectivity index (χ4n) is 1.29. The van der Waals surface area contributed by atoms with E-state index >= 15 is 0 Å². The molecule has 1 aromatic heterocycles. The van der Waals surface area contributed by atoms with Crippen LogP contribution in [-0.4, -0.2) is 22.9 Å². The van der Waals surface area contributed by atoms with Gasteiger partial charge in [-0.2, -0.15) is 4.98 Å². The van der Waals surface area contributed by atoms with Crippen LogP contribution in [0.4, 0.5) is 0 Å². The molecule has 0 unspecified atom stereocenters. The molecule has 4 heteroatoms. The van der Waals surface area contributed by atoms with Crippen LogP contribution in [-0.2, 0) is 6.42 Å². The summed E-state index contributed by atoms with van der Waals surface area (Å²) in [5, 5.41) is 0. The van der Waals surface area contributed by atoms with Gasteiger partial charge in [0, 0.05) is 11.8 Å². The van der Waals surface area contributed by atoms with Crippen LogP contribution in [0, 0.1) is 5.92 Å². The molecule has 0 spiro atoms. The zero-order valence-corrected chi connectivity index (χ0v) is 9.36. The average Bonchev–Trinajstić information content (AvgIpc) is 2.16. The standard InChI is InChI=1S/C11H16N2O2/c1-4-15-11-6-9(5-8(2)3)12-10(7-14)13-11/h6-8H,4-5H2,1-3H3. The van der Waals surface area contributed by atoms with E-state index in [4.69, 9.17) is 4.74 Å². The number of nitrogens with zero attached hydrogens (tertiary/aromatic N) is 2. The lowest BCUT2D eigenvalue weighted by molar-refractivity contribution is 0.111. The Morgan fingerprint density at radius 3 is 2.73 bits per heavy atom. The third-order valence-corrected chi connectivity index (χ3v) is 1.79. The second-order valence-corrected chi connectivity index (χ2v) is 3.70. The van der Waals surface area contributed by atoms with Crippen molar-refractivity contribution in [3.63, 3.8) is 0 Å². The normalized spacial score (nSPS) is 10.4. The third-order valence-electron chi connectivity index (χ3n) is 1.79. The summed E-state index contributed by atoms with van der Waals surface area (Å²) in [5.41, 5.74) is 0.852. The number of ether oxygens (including phenoxy) is 1. The lowest BCUT2D eigenvalue weighted by atomic mass is 10.1. The molecule has 0 aliphatic carbocycles. The lowest BCUT2D eigenvalue weighted by Gasteiger charge is -2.07. The molecule has 82 valence electrons. The van der Waals surface area contributed by atoms with Crippen molar-refractivity contribution < 1.29 is 9.53 Å². The number of carbonyl (C=O) groups excluding carboxylic acids is 1. The zero-order chi connectivity index (χ0) is 11.3. The van der Waals surface area contributed by atoms with E-state index in [-0.39, 0.29) is 5.82 Å². The van der Waals surface area contributed by atoms with Crippen molar-refractivity contribution in [3.8, 4) is 5.88 Å². The first-order valence-corrected chi connectivity index (χ1v) is 5.11. The van der Waals surface area contributed by atoms with Gasteiger partial charge < -0.3 is 4.74 Å². The molecule has 0 bridgehead atoms. The van der Waals surface area contributed by atoms with Crippen molar-refractivity contribution in [1.29, 1.82) is 0 Å². The second-order valence-electron chi connectivity index (χ2n) is 3.70. The zero-order valence-electron chi connectivity index (χ0n) is 9.36. The Bertz CT molecular complexity index is 337. The van der Waals surface area contributed by atoms with Gasteiger partial charge >= 0.3 is 0 Å². The van der Waals surface area contributed by atoms with Gasteiger partial charge in [0.2, 0.25) is 5.88 Å². The molecule has 15 heavy (non-hydrogen) atoms. The van der Waals surface area contributed by atoms with Crippen LogP contribution in [0.2, 0.25) is 0 Å². The molecule has 0 radical (unpaired) electrons. The van der Waals surface area contributed by atoms with Crippen LogP contribution < -0.4 is 4.74 Å². The highest BCUT2D eigenvalue weighted by Gasteiger charge is 2.06. The molecule has 0 fully saturated rings. The molecule has 1 heterocycles. The van der Waals surface area contributed by atoms with Crippen LogP contribution in [0.25, 0.3) is 0 Å². The van der Waals surface area contributed by atoms with Crippen LogP contribution in [0.15, 0.2) is 6.07 Å². The Hall–Kier alpha value is -1.45. The Morgan fingerprint density at radius 1 is 1.47 bits per heavy atom. The second kappa shape index (κ2) is 5.44. The predicted octanol–water partition coefficient (Wildman–Crippen LogP) is 1.89. The van der Waals surface area contributed by atoms with Gasteiger partial charge in [0.05, 0.1) is 6.61 Å². The van der Waals surface area contributed by atoms with E-state index in [1.807, 2.05) is 6.92 Å². The van der Waals surface area contributed by atoms with E-state index < -0.39 is 0 Å². The summed E-state index contributed by atoms with van der Waals surface area (Å²) in [6, 6.07) is 1.79. The highest BCUT2D eigenvalue weighted by Crippen LogP contribution is 2.12. The van der Waals surface area contributed by atoms with Gasteiger partial charge in [-0.15, -0.1) is 0 Å². The number of aldehydes is 1. The van der Waals surface area contributed by atoms with E-state index in [9.17, 15) is 4.79 Å². The third kappa shape index (κ3) is 3.65. The van der Waals surface area contributed by atoms with E-state index in [2.05, 4.69) is 23.8 Å². The van der Waals surface area contributed by atoms with Crippen molar-refractivity contribution in [3.05, 3.63) is 17.6 Å².